The Bertz CT molecular complexity index is 745. The van der Waals surface area contributed by atoms with E-state index in [1.807, 2.05) is 24.3 Å². The minimum atomic E-state index is -0.566. The smallest absolute Gasteiger partial charge is 0.289 e. The van der Waals surface area contributed by atoms with Crippen molar-refractivity contribution >= 4 is 34.6 Å². The molecule has 0 aliphatic carbocycles. The third-order valence-corrected chi connectivity index (χ3v) is 3.78. The second kappa shape index (κ2) is 7.79. The highest BCUT2D eigenvalue weighted by atomic mass is 35.5. The van der Waals surface area contributed by atoms with Crippen molar-refractivity contribution in [3.05, 3.63) is 63.2 Å². The number of anilines is 2. The summed E-state index contributed by atoms with van der Waals surface area (Å²) in [6, 6.07) is 11.9. The SMILES string of the molecule is CC(C)c1ccc(NC(=O)CNc2ccc(Cl)c([N+](=O)[O-])c2)cc1. The van der Waals surface area contributed by atoms with Crippen LogP contribution in [0.25, 0.3) is 0 Å². The van der Waals surface area contributed by atoms with Crippen molar-refractivity contribution in [1.29, 1.82) is 0 Å². The first-order chi connectivity index (χ1) is 11.4. The van der Waals surface area contributed by atoms with Crippen molar-refractivity contribution in [2.45, 2.75) is 19.8 Å². The number of carbonyl (C=O) groups is 1. The summed E-state index contributed by atoms with van der Waals surface area (Å²) in [4.78, 5) is 22.2. The molecule has 0 bridgehead atoms. The average Bonchev–Trinajstić information content (AvgIpc) is 2.54. The molecule has 7 heteroatoms. The summed E-state index contributed by atoms with van der Waals surface area (Å²) in [5.41, 5.74) is 2.15. The van der Waals surface area contributed by atoms with Gasteiger partial charge >= 0.3 is 0 Å². The van der Waals surface area contributed by atoms with E-state index >= 15 is 0 Å². The zero-order chi connectivity index (χ0) is 17.7. The molecular weight excluding hydrogens is 330 g/mol. The van der Waals surface area contributed by atoms with Crippen LogP contribution in [0.1, 0.15) is 25.3 Å². The lowest BCUT2D eigenvalue weighted by Gasteiger charge is -2.10. The van der Waals surface area contributed by atoms with E-state index in [0.29, 0.717) is 17.3 Å². The molecule has 2 aromatic carbocycles. The Morgan fingerprint density at radius 1 is 1.17 bits per heavy atom. The van der Waals surface area contributed by atoms with Gasteiger partial charge in [-0.3, -0.25) is 14.9 Å². The molecule has 6 nitrogen and oxygen atoms in total. The molecule has 0 saturated heterocycles. The van der Waals surface area contributed by atoms with Gasteiger partial charge in [-0.15, -0.1) is 0 Å². The molecule has 2 N–H and O–H groups in total. The van der Waals surface area contributed by atoms with E-state index in [1.165, 1.54) is 17.7 Å². The normalized spacial score (nSPS) is 10.5. The fourth-order valence-corrected chi connectivity index (χ4v) is 2.29. The van der Waals surface area contributed by atoms with Crippen LogP contribution in [0, 0.1) is 10.1 Å². The fraction of sp³-hybridized carbons (Fsp3) is 0.235. The van der Waals surface area contributed by atoms with Crippen LogP contribution in [-0.4, -0.2) is 17.4 Å². The van der Waals surface area contributed by atoms with E-state index in [1.54, 1.807) is 6.07 Å². The predicted octanol–water partition coefficient (Wildman–Crippen LogP) is 4.42. The van der Waals surface area contributed by atoms with E-state index < -0.39 is 4.92 Å². The molecule has 0 radical (unpaired) electrons. The summed E-state index contributed by atoms with van der Waals surface area (Å²) in [6.45, 7) is 4.19. The highest BCUT2D eigenvalue weighted by Crippen LogP contribution is 2.27. The molecule has 0 aliphatic rings. The van der Waals surface area contributed by atoms with Crippen LogP contribution >= 0.6 is 11.6 Å². The first-order valence-corrected chi connectivity index (χ1v) is 7.82. The van der Waals surface area contributed by atoms with Crippen molar-refractivity contribution < 1.29 is 9.72 Å². The fourth-order valence-electron chi connectivity index (χ4n) is 2.10. The summed E-state index contributed by atoms with van der Waals surface area (Å²) in [5, 5.41) is 16.5. The lowest BCUT2D eigenvalue weighted by molar-refractivity contribution is -0.384. The Morgan fingerprint density at radius 2 is 1.79 bits per heavy atom. The Balaban J connectivity index is 1.93. The van der Waals surface area contributed by atoms with Gasteiger partial charge in [0.1, 0.15) is 5.02 Å². The maximum Gasteiger partial charge on any atom is 0.289 e. The van der Waals surface area contributed by atoms with Crippen LogP contribution in [0.15, 0.2) is 42.5 Å². The van der Waals surface area contributed by atoms with E-state index in [-0.39, 0.29) is 23.2 Å². The summed E-state index contributed by atoms with van der Waals surface area (Å²) in [5.74, 6) is 0.182. The van der Waals surface area contributed by atoms with Crippen LogP contribution in [0.2, 0.25) is 5.02 Å². The molecule has 0 atom stereocenters. The molecule has 2 rings (SSSR count). The third kappa shape index (κ3) is 4.70. The molecule has 1 amide bonds. The minimum absolute atomic E-state index is 0.00921. The number of hydrogen-bond donors (Lipinski definition) is 2. The molecule has 2 aromatic rings. The van der Waals surface area contributed by atoms with E-state index in [2.05, 4.69) is 24.5 Å². The van der Waals surface area contributed by atoms with Crippen molar-refractivity contribution in [2.75, 3.05) is 17.2 Å². The number of nitrogens with zero attached hydrogens (tertiary/aromatic N) is 1. The van der Waals surface area contributed by atoms with Gasteiger partial charge in [-0.05, 0) is 35.7 Å². The number of nitro benzene ring substituents is 1. The maximum absolute atomic E-state index is 12.0. The Hall–Kier alpha value is -2.60. The zero-order valence-corrected chi connectivity index (χ0v) is 14.1. The molecule has 0 spiro atoms. The summed E-state index contributed by atoms with van der Waals surface area (Å²) < 4.78 is 0. The van der Waals surface area contributed by atoms with Gasteiger partial charge < -0.3 is 10.6 Å². The maximum atomic E-state index is 12.0. The number of nitrogens with one attached hydrogen (secondary N) is 2. The first-order valence-electron chi connectivity index (χ1n) is 7.44. The molecule has 0 saturated carbocycles. The summed E-state index contributed by atoms with van der Waals surface area (Å²) in [7, 11) is 0. The lowest BCUT2D eigenvalue weighted by atomic mass is 10.0. The van der Waals surface area contributed by atoms with E-state index in [4.69, 9.17) is 11.6 Å². The molecule has 0 aromatic heterocycles. The molecule has 0 unspecified atom stereocenters. The van der Waals surface area contributed by atoms with Gasteiger partial charge in [0.05, 0.1) is 11.5 Å². The molecule has 0 fully saturated rings. The van der Waals surface area contributed by atoms with Crippen LogP contribution in [-0.2, 0) is 4.79 Å². The van der Waals surface area contributed by atoms with Crippen molar-refractivity contribution in [3.8, 4) is 0 Å². The van der Waals surface area contributed by atoms with Crippen LogP contribution in [0.5, 0.6) is 0 Å². The van der Waals surface area contributed by atoms with Crippen LogP contribution in [0.4, 0.5) is 17.1 Å². The van der Waals surface area contributed by atoms with Gasteiger partial charge in [-0.25, -0.2) is 0 Å². The number of hydrogen-bond acceptors (Lipinski definition) is 4. The zero-order valence-electron chi connectivity index (χ0n) is 13.4. The van der Waals surface area contributed by atoms with Crippen LogP contribution in [0.3, 0.4) is 0 Å². The van der Waals surface area contributed by atoms with Crippen molar-refractivity contribution in [3.63, 3.8) is 0 Å². The molecule has 0 aliphatic heterocycles. The van der Waals surface area contributed by atoms with Gasteiger partial charge in [0.2, 0.25) is 5.91 Å². The second-order valence-corrected chi connectivity index (χ2v) is 6.01. The van der Waals surface area contributed by atoms with Gasteiger partial charge in [-0.2, -0.15) is 0 Å². The number of halogens is 1. The quantitative estimate of drug-likeness (QED) is 0.598. The Kier molecular flexibility index (Phi) is 5.76. The predicted molar refractivity (Wildman–Crippen MR) is 95.8 cm³/mol. The van der Waals surface area contributed by atoms with Gasteiger partial charge in [-0.1, -0.05) is 37.6 Å². The molecule has 0 heterocycles. The van der Waals surface area contributed by atoms with Gasteiger partial charge in [0.25, 0.3) is 5.69 Å². The highest BCUT2D eigenvalue weighted by molar-refractivity contribution is 6.32. The van der Waals surface area contributed by atoms with E-state index in [0.717, 1.165) is 0 Å². The molecule has 24 heavy (non-hydrogen) atoms. The Labute approximate surface area is 145 Å². The van der Waals surface area contributed by atoms with E-state index in [9.17, 15) is 14.9 Å². The molecular formula is C17H18ClN3O3. The van der Waals surface area contributed by atoms with Crippen molar-refractivity contribution in [2.24, 2.45) is 0 Å². The second-order valence-electron chi connectivity index (χ2n) is 5.60. The largest absolute Gasteiger partial charge is 0.376 e. The highest BCUT2D eigenvalue weighted by Gasteiger charge is 2.13. The number of benzene rings is 2. The molecule has 126 valence electrons. The number of nitro groups is 1. The monoisotopic (exact) mass is 347 g/mol. The lowest BCUT2D eigenvalue weighted by Crippen LogP contribution is -2.21. The third-order valence-electron chi connectivity index (χ3n) is 3.46. The van der Waals surface area contributed by atoms with Gasteiger partial charge in [0.15, 0.2) is 0 Å². The standard InChI is InChI=1S/C17H18ClN3O3/c1-11(2)12-3-5-13(6-4-12)20-17(22)10-19-14-7-8-15(18)16(9-14)21(23)24/h3-9,11,19H,10H2,1-2H3,(H,20,22). The summed E-state index contributed by atoms with van der Waals surface area (Å²) >= 11 is 5.75. The van der Waals surface area contributed by atoms with Crippen molar-refractivity contribution in [1.82, 2.24) is 0 Å². The average molecular weight is 348 g/mol. The number of amides is 1. The van der Waals surface area contributed by atoms with Gasteiger partial charge in [0, 0.05) is 17.4 Å². The van der Waals surface area contributed by atoms with Crippen LogP contribution < -0.4 is 10.6 Å². The first kappa shape index (κ1) is 17.7. The number of rotatable bonds is 6. The number of carbonyl (C=O) groups excluding carboxylic acids is 1. The minimum Gasteiger partial charge on any atom is -0.376 e. The Morgan fingerprint density at radius 3 is 2.38 bits per heavy atom. The summed E-state index contributed by atoms with van der Waals surface area (Å²) in [6.07, 6.45) is 0. The topological polar surface area (TPSA) is 84.3 Å².